The number of hydrogen-bond donors (Lipinski definition) is 1. The van der Waals surface area contributed by atoms with E-state index in [2.05, 4.69) is 21.4 Å². The molecule has 1 atom stereocenters. The van der Waals surface area contributed by atoms with Gasteiger partial charge < -0.3 is 15.4 Å². The zero-order chi connectivity index (χ0) is 13.2. The number of nitrogens with zero attached hydrogens (tertiary/aromatic N) is 2. The van der Waals surface area contributed by atoms with Crippen LogP contribution in [0.4, 0.5) is 10.8 Å². The molecule has 1 unspecified atom stereocenters. The first-order valence-corrected chi connectivity index (χ1v) is 7.15. The van der Waals surface area contributed by atoms with Gasteiger partial charge in [-0.05, 0) is 23.5 Å². The van der Waals surface area contributed by atoms with Gasteiger partial charge in [-0.3, -0.25) is 0 Å². The van der Waals surface area contributed by atoms with E-state index in [-0.39, 0.29) is 0 Å². The van der Waals surface area contributed by atoms with Gasteiger partial charge in [0.25, 0.3) is 0 Å². The Bertz CT molecular complexity index is 555. The Morgan fingerprint density at radius 3 is 2.84 bits per heavy atom. The topological polar surface area (TPSA) is 51.4 Å². The normalized spacial score (nSPS) is 19.0. The maximum atomic E-state index is 6.05. The average Bonchev–Trinajstić information content (AvgIpc) is 3.05. The highest BCUT2D eigenvalue weighted by Gasteiger charge is 2.27. The first kappa shape index (κ1) is 12.4. The van der Waals surface area contributed by atoms with Crippen LogP contribution in [0, 0.1) is 0 Å². The average molecular weight is 275 g/mol. The molecule has 4 nitrogen and oxygen atoms in total. The van der Waals surface area contributed by atoms with E-state index in [0.717, 1.165) is 35.6 Å². The molecule has 2 N–H and O–H groups in total. The minimum absolute atomic E-state index is 0.312. The Morgan fingerprint density at radius 1 is 1.37 bits per heavy atom. The number of aromatic nitrogens is 1. The molecule has 2 aromatic rings. The molecule has 0 radical (unpaired) electrons. The Morgan fingerprint density at radius 2 is 2.16 bits per heavy atom. The summed E-state index contributed by atoms with van der Waals surface area (Å²) < 4.78 is 9.75. The molecule has 0 saturated carbocycles. The Kier molecular flexibility index (Phi) is 3.40. The van der Waals surface area contributed by atoms with Crippen LogP contribution in [0.1, 0.15) is 6.42 Å². The van der Waals surface area contributed by atoms with Gasteiger partial charge in [-0.15, -0.1) is 0 Å². The minimum Gasteiger partial charge on any atom is -0.382 e. The second kappa shape index (κ2) is 5.19. The van der Waals surface area contributed by atoms with Gasteiger partial charge in [-0.25, -0.2) is 0 Å². The molecule has 5 heteroatoms. The summed E-state index contributed by atoms with van der Waals surface area (Å²) in [4.78, 5) is 2.32. The van der Waals surface area contributed by atoms with Gasteiger partial charge in [0.15, 0.2) is 0 Å². The zero-order valence-corrected chi connectivity index (χ0v) is 11.7. The van der Waals surface area contributed by atoms with Crippen molar-refractivity contribution >= 4 is 22.4 Å². The molecule has 1 saturated heterocycles. The van der Waals surface area contributed by atoms with Gasteiger partial charge in [-0.1, -0.05) is 30.3 Å². The van der Waals surface area contributed by atoms with Crippen LogP contribution >= 0.6 is 11.5 Å². The maximum Gasteiger partial charge on any atom is 0.147 e. The first-order chi connectivity index (χ1) is 9.29. The third kappa shape index (κ3) is 2.31. The van der Waals surface area contributed by atoms with Gasteiger partial charge in [0.05, 0.1) is 11.7 Å². The van der Waals surface area contributed by atoms with E-state index in [4.69, 9.17) is 10.5 Å². The molecule has 1 aliphatic rings. The van der Waals surface area contributed by atoms with Crippen molar-refractivity contribution in [3.05, 3.63) is 30.3 Å². The molecule has 3 rings (SSSR count). The summed E-state index contributed by atoms with van der Waals surface area (Å²) in [5.74, 6) is 0.618. The van der Waals surface area contributed by atoms with Crippen LogP contribution in [0.15, 0.2) is 30.3 Å². The maximum absolute atomic E-state index is 6.05. The molecule has 1 aromatic heterocycles. The van der Waals surface area contributed by atoms with Crippen molar-refractivity contribution in [2.45, 2.75) is 12.5 Å². The lowest BCUT2D eigenvalue weighted by molar-refractivity contribution is 0.121. The fourth-order valence-corrected chi connectivity index (χ4v) is 3.36. The number of hydrogen-bond acceptors (Lipinski definition) is 5. The monoisotopic (exact) mass is 275 g/mol. The highest BCUT2D eigenvalue weighted by molar-refractivity contribution is 7.11. The van der Waals surface area contributed by atoms with Crippen LogP contribution in [-0.4, -0.2) is 30.7 Å². The van der Waals surface area contributed by atoms with E-state index in [0.29, 0.717) is 11.9 Å². The van der Waals surface area contributed by atoms with E-state index < -0.39 is 0 Å². The minimum atomic E-state index is 0.312. The molecular weight excluding hydrogens is 258 g/mol. The van der Waals surface area contributed by atoms with Crippen molar-refractivity contribution < 1.29 is 4.74 Å². The number of anilines is 2. The highest BCUT2D eigenvalue weighted by Crippen LogP contribution is 2.40. The number of methoxy groups -OCH3 is 1. The molecule has 100 valence electrons. The van der Waals surface area contributed by atoms with Gasteiger partial charge in [0.2, 0.25) is 0 Å². The molecule has 1 aromatic carbocycles. The van der Waals surface area contributed by atoms with Crippen LogP contribution in [0.25, 0.3) is 11.1 Å². The van der Waals surface area contributed by atoms with E-state index >= 15 is 0 Å². The summed E-state index contributed by atoms with van der Waals surface area (Å²) in [5.41, 5.74) is 8.24. The van der Waals surface area contributed by atoms with Crippen LogP contribution < -0.4 is 10.6 Å². The summed E-state index contributed by atoms with van der Waals surface area (Å²) in [6.07, 6.45) is 1.37. The second-order valence-corrected chi connectivity index (χ2v) is 5.46. The quantitative estimate of drug-likeness (QED) is 0.935. The molecule has 2 heterocycles. The van der Waals surface area contributed by atoms with Crippen molar-refractivity contribution in [1.29, 1.82) is 0 Å². The number of benzene rings is 1. The molecule has 1 aliphatic heterocycles. The van der Waals surface area contributed by atoms with Crippen LogP contribution in [0.3, 0.4) is 0 Å². The van der Waals surface area contributed by atoms with E-state index in [9.17, 15) is 0 Å². The zero-order valence-electron chi connectivity index (χ0n) is 10.9. The molecular formula is C14H17N3OS. The smallest absolute Gasteiger partial charge is 0.147 e. The van der Waals surface area contributed by atoms with Crippen molar-refractivity contribution in [3.8, 4) is 11.1 Å². The SMILES string of the molecule is COC1CCN(c2snc(N)c2-c2ccccc2)C1. The van der Waals surface area contributed by atoms with E-state index in [1.54, 1.807) is 7.11 Å². The predicted molar refractivity (Wildman–Crippen MR) is 79.6 cm³/mol. The third-order valence-corrected chi connectivity index (χ3v) is 4.45. The number of nitrogens with two attached hydrogens (primary N) is 1. The molecule has 0 aliphatic carbocycles. The number of rotatable bonds is 3. The van der Waals surface area contributed by atoms with Crippen molar-refractivity contribution in [3.63, 3.8) is 0 Å². The van der Waals surface area contributed by atoms with Gasteiger partial charge in [-0.2, -0.15) is 4.37 Å². The first-order valence-electron chi connectivity index (χ1n) is 6.38. The Labute approximate surface area is 117 Å². The summed E-state index contributed by atoms with van der Waals surface area (Å²) in [5, 5.41) is 1.16. The largest absolute Gasteiger partial charge is 0.382 e. The highest BCUT2D eigenvalue weighted by atomic mass is 32.1. The van der Waals surface area contributed by atoms with Crippen LogP contribution in [0.5, 0.6) is 0 Å². The van der Waals surface area contributed by atoms with Gasteiger partial charge >= 0.3 is 0 Å². The van der Waals surface area contributed by atoms with Gasteiger partial charge in [0.1, 0.15) is 10.8 Å². The van der Waals surface area contributed by atoms with Gasteiger partial charge in [0, 0.05) is 20.2 Å². The summed E-state index contributed by atoms with van der Waals surface area (Å²) in [7, 11) is 1.77. The summed E-state index contributed by atoms with van der Waals surface area (Å²) in [6, 6.07) is 10.2. The summed E-state index contributed by atoms with van der Waals surface area (Å²) >= 11 is 1.48. The molecule has 19 heavy (non-hydrogen) atoms. The fourth-order valence-electron chi connectivity index (χ4n) is 2.49. The van der Waals surface area contributed by atoms with Crippen molar-refractivity contribution in [2.75, 3.05) is 30.8 Å². The van der Waals surface area contributed by atoms with E-state index in [1.807, 2.05) is 18.2 Å². The number of nitrogen functional groups attached to an aromatic ring is 1. The van der Waals surface area contributed by atoms with Crippen molar-refractivity contribution in [1.82, 2.24) is 4.37 Å². The predicted octanol–water partition coefficient (Wildman–Crippen LogP) is 2.62. The molecule has 0 amide bonds. The van der Waals surface area contributed by atoms with Crippen LogP contribution in [0.2, 0.25) is 0 Å². The Hall–Kier alpha value is -1.59. The standard InChI is InChI=1S/C14H17N3OS/c1-18-11-7-8-17(9-11)14-12(13(15)16-19-14)10-5-3-2-4-6-10/h2-6,11H,7-9H2,1H3,(H2,15,16). The molecule has 1 fully saturated rings. The lowest BCUT2D eigenvalue weighted by Crippen LogP contribution is -2.21. The fraction of sp³-hybridized carbons (Fsp3) is 0.357. The summed E-state index contributed by atoms with van der Waals surface area (Å²) in [6.45, 7) is 1.91. The Balaban J connectivity index is 1.96. The van der Waals surface area contributed by atoms with E-state index in [1.165, 1.54) is 11.5 Å². The van der Waals surface area contributed by atoms with Crippen LogP contribution in [-0.2, 0) is 4.74 Å². The second-order valence-electron chi connectivity index (χ2n) is 4.71. The molecule has 0 spiro atoms. The lowest BCUT2D eigenvalue weighted by Gasteiger charge is -2.17. The lowest BCUT2D eigenvalue weighted by atomic mass is 10.1. The molecule has 0 bridgehead atoms. The van der Waals surface area contributed by atoms with Crippen molar-refractivity contribution in [2.24, 2.45) is 0 Å². The number of ether oxygens (including phenoxy) is 1. The third-order valence-electron chi connectivity index (χ3n) is 3.53.